The van der Waals surface area contributed by atoms with E-state index in [1.54, 1.807) is 11.3 Å². The number of thiazole rings is 1. The highest BCUT2D eigenvalue weighted by molar-refractivity contribution is 7.17. The average Bonchev–Trinajstić information content (AvgIpc) is 3.31. The standard InChI is InChI=1S/C21H25N3OS2/c1-5-15-8-10-16(11-9-15)21-23-14(2)19(27-21)20(25)22-13-17(24(3)4)18-7-6-12-26-18/h6-12,17H,5,13H2,1-4H3,(H,22,25). The van der Waals surface area contributed by atoms with Gasteiger partial charge in [0.15, 0.2) is 0 Å². The van der Waals surface area contributed by atoms with Gasteiger partial charge in [0.25, 0.3) is 5.91 Å². The lowest BCUT2D eigenvalue weighted by Crippen LogP contribution is -2.34. The first-order chi connectivity index (χ1) is 13.0. The van der Waals surface area contributed by atoms with E-state index in [1.165, 1.54) is 21.8 Å². The van der Waals surface area contributed by atoms with Gasteiger partial charge < -0.3 is 10.2 Å². The molecule has 4 nitrogen and oxygen atoms in total. The van der Waals surface area contributed by atoms with Crippen LogP contribution in [-0.2, 0) is 6.42 Å². The van der Waals surface area contributed by atoms with E-state index < -0.39 is 0 Å². The van der Waals surface area contributed by atoms with Gasteiger partial charge in [0, 0.05) is 17.0 Å². The summed E-state index contributed by atoms with van der Waals surface area (Å²) in [7, 11) is 4.07. The first kappa shape index (κ1) is 19.7. The summed E-state index contributed by atoms with van der Waals surface area (Å²) in [5.74, 6) is -0.0511. The Bertz CT molecular complexity index is 883. The summed E-state index contributed by atoms with van der Waals surface area (Å²) >= 11 is 3.17. The van der Waals surface area contributed by atoms with Gasteiger partial charge in [0.2, 0.25) is 0 Å². The highest BCUT2D eigenvalue weighted by Gasteiger charge is 2.20. The molecular weight excluding hydrogens is 374 g/mol. The molecule has 0 bridgehead atoms. The van der Waals surface area contributed by atoms with Crippen LogP contribution >= 0.6 is 22.7 Å². The molecule has 0 spiro atoms. The third-order valence-corrected chi connectivity index (χ3v) is 6.74. The molecule has 0 aliphatic carbocycles. The number of benzene rings is 1. The largest absolute Gasteiger partial charge is 0.349 e. The summed E-state index contributed by atoms with van der Waals surface area (Å²) in [6.45, 7) is 4.62. The minimum Gasteiger partial charge on any atom is -0.349 e. The number of likely N-dealkylation sites (N-methyl/N-ethyl adjacent to an activating group) is 1. The summed E-state index contributed by atoms with van der Waals surface area (Å²) in [4.78, 5) is 21.4. The van der Waals surface area contributed by atoms with E-state index in [4.69, 9.17) is 0 Å². The Balaban J connectivity index is 1.72. The van der Waals surface area contributed by atoms with Crippen molar-refractivity contribution in [3.05, 3.63) is 62.8 Å². The van der Waals surface area contributed by atoms with Gasteiger partial charge in [0.05, 0.1) is 11.7 Å². The van der Waals surface area contributed by atoms with E-state index in [1.807, 2.05) is 27.1 Å². The number of thiophene rings is 1. The predicted octanol–water partition coefficient (Wildman–Crippen LogP) is 4.78. The quantitative estimate of drug-likeness (QED) is 0.622. The summed E-state index contributed by atoms with van der Waals surface area (Å²) < 4.78 is 0. The van der Waals surface area contributed by atoms with Crippen molar-refractivity contribution in [2.75, 3.05) is 20.6 Å². The van der Waals surface area contributed by atoms with Gasteiger partial charge in [-0.15, -0.1) is 22.7 Å². The molecule has 0 aliphatic heterocycles. The first-order valence-electron chi connectivity index (χ1n) is 9.04. The van der Waals surface area contributed by atoms with Crippen molar-refractivity contribution >= 4 is 28.6 Å². The second-order valence-corrected chi connectivity index (χ2v) is 8.67. The van der Waals surface area contributed by atoms with Crippen molar-refractivity contribution < 1.29 is 4.79 Å². The van der Waals surface area contributed by atoms with Crippen molar-refractivity contribution in [2.24, 2.45) is 0 Å². The molecule has 2 heterocycles. The van der Waals surface area contributed by atoms with Gasteiger partial charge in [-0.2, -0.15) is 0 Å². The molecule has 142 valence electrons. The van der Waals surface area contributed by atoms with Crippen LogP contribution in [0.25, 0.3) is 10.6 Å². The molecule has 3 aromatic rings. The lowest BCUT2D eigenvalue weighted by atomic mass is 10.1. The third-order valence-electron chi connectivity index (χ3n) is 4.56. The summed E-state index contributed by atoms with van der Waals surface area (Å²) in [5, 5.41) is 6.05. The number of carbonyl (C=O) groups excluding carboxylic acids is 1. The Morgan fingerprint density at radius 2 is 1.96 bits per heavy atom. The smallest absolute Gasteiger partial charge is 0.263 e. The number of aromatic nitrogens is 1. The van der Waals surface area contributed by atoms with Crippen LogP contribution in [0.4, 0.5) is 0 Å². The Hall–Kier alpha value is -2.02. The minimum atomic E-state index is -0.0511. The van der Waals surface area contributed by atoms with Crippen molar-refractivity contribution in [2.45, 2.75) is 26.3 Å². The molecule has 0 aliphatic rings. The highest BCUT2D eigenvalue weighted by Crippen LogP contribution is 2.28. The second kappa shape index (κ2) is 8.78. The van der Waals surface area contributed by atoms with Crippen LogP contribution in [0.2, 0.25) is 0 Å². The van der Waals surface area contributed by atoms with Gasteiger partial charge in [-0.3, -0.25) is 4.79 Å². The summed E-state index contributed by atoms with van der Waals surface area (Å²) in [5.41, 5.74) is 3.14. The molecule has 0 fully saturated rings. The fourth-order valence-corrected chi connectivity index (χ4v) is 4.81. The average molecular weight is 400 g/mol. The number of carbonyl (C=O) groups is 1. The lowest BCUT2D eigenvalue weighted by molar-refractivity contribution is 0.0945. The molecular formula is C21H25N3OS2. The molecule has 27 heavy (non-hydrogen) atoms. The van der Waals surface area contributed by atoms with Gasteiger partial charge >= 0.3 is 0 Å². The number of hydrogen-bond donors (Lipinski definition) is 1. The van der Waals surface area contributed by atoms with Crippen LogP contribution in [-0.4, -0.2) is 36.4 Å². The zero-order valence-corrected chi connectivity index (χ0v) is 17.8. The van der Waals surface area contributed by atoms with E-state index in [0.717, 1.165) is 22.7 Å². The predicted molar refractivity (Wildman–Crippen MR) is 115 cm³/mol. The second-order valence-electron chi connectivity index (χ2n) is 6.69. The van der Waals surface area contributed by atoms with E-state index in [-0.39, 0.29) is 11.9 Å². The molecule has 1 aromatic carbocycles. The number of nitrogens with one attached hydrogen (secondary N) is 1. The maximum Gasteiger partial charge on any atom is 0.263 e. The van der Waals surface area contributed by atoms with Crippen LogP contribution in [0.1, 0.15) is 38.8 Å². The van der Waals surface area contributed by atoms with Gasteiger partial charge in [-0.1, -0.05) is 37.3 Å². The normalized spacial score (nSPS) is 12.3. The SMILES string of the molecule is CCc1ccc(-c2nc(C)c(C(=O)NCC(c3cccs3)N(C)C)s2)cc1. The van der Waals surface area contributed by atoms with E-state index >= 15 is 0 Å². The van der Waals surface area contributed by atoms with Crippen molar-refractivity contribution in [1.29, 1.82) is 0 Å². The van der Waals surface area contributed by atoms with Crippen molar-refractivity contribution in [1.82, 2.24) is 15.2 Å². The van der Waals surface area contributed by atoms with Crippen molar-refractivity contribution in [3.8, 4) is 10.6 Å². The minimum absolute atomic E-state index is 0.0511. The Labute approximate surface area is 168 Å². The number of amides is 1. The molecule has 1 atom stereocenters. The molecule has 3 rings (SSSR count). The van der Waals surface area contributed by atoms with Crippen molar-refractivity contribution in [3.63, 3.8) is 0 Å². The topological polar surface area (TPSA) is 45.2 Å². The van der Waals surface area contributed by atoms with Crippen LogP contribution in [0, 0.1) is 6.92 Å². The summed E-state index contributed by atoms with van der Waals surface area (Å²) in [6.07, 6.45) is 1.02. The van der Waals surface area contributed by atoms with Crippen LogP contribution in [0.5, 0.6) is 0 Å². The fraction of sp³-hybridized carbons (Fsp3) is 0.333. The molecule has 2 aromatic heterocycles. The first-order valence-corrected chi connectivity index (χ1v) is 10.7. The molecule has 0 saturated heterocycles. The molecule has 1 N–H and O–H groups in total. The van der Waals surface area contributed by atoms with E-state index in [9.17, 15) is 4.79 Å². The fourth-order valence-electron chi connectivity index (χ4n) is 2.90. The number of nitrogens with zero attached hydrogens (tertiary/aromatic N) is 2. The molecule has 0 radical (unpaired) electrons. The summed E-state index contributed by atoms with van der Waals surface area (Å²) in [6, 6.07) is 12.7. The van der Waals surface area contributed by atoms with E-state index in [0.29, 0.717) is 11.4 Å². The number of rotatable bonds is 7. The number of hydrogen-bond acceptors (Lipinski definition) is 5. The van der Waals surface area contributed by atoms with Gasteiger partial charge in [-0.25, -0.2) is 4.98 Å². The maximum atomic E-state index is 12.8. The van der Waals surface area contributed by atoms with Gasteiger partial charge in [0.1, 0.15) is 9.88 Å². The Morgan fingerprint density at radius 3 is 2.56 bits per heavy atom. The third kappa shape index (κ3) is 4.64. The molecule has 0 saturated carbocycles. The maximum absolute atomic E-state index is 12.8. The molecule has 1 amide bonds. The van der Waals surface area contributed by atoms with E-state index in [2.05, 4.69) is 57.8 Å². The molecule has 1 unspecified atom stereocenters. The zero-order chi connectivity index (χ0) is 19.4. The lowest BCUT2D eigenvalue weighted by Gasteiger charge is -2.23. The van der Waals surface area contributed by atoms with Crippen LogP contribution in [0.3, 0.4) is 0 Å². The highest BCUT2D eigenvalue weighted by atomic mass is 32.1. The Morgan fingerprint density at radius 1 is 1.22 bits per heavy atom. The van der Waals surface area contributed by atoms with Crippen LogP contribution < -0.4 is 5.32 Å². The Kier molecular flexibility index (Phi) is 6.42. The van der Waals surface area contributed by atoms with Gasteiger partial charge in [-0.05, 0) is 44.4 Å². The number of aryl methyl sites for hydroxylation is 2. The zero-order valence-electron chi connectivity index (χ0n) is 16.2. The monoisotopic (exact) mass is 399 g/mol. The molecule has 6 heteroatoms. The van der Waals surface area contributed by atoms with Crippen LogP contribution in [0.15, 0.2) is 41.8 Å².